The van der Waals surface area contributed by atoms with E-state index < -0.39 is 29.2 Å². The van der Waals surface area contributed by atoms with Gasteiger partial charge in [0.15, 0.2) is 0 Å². The van der Waals surface area contributed by atoms with Crippen molar-refractivity contribution in [1.82, 2.24) is 9.97 Å². The van der Waals surface area contributed by atoms with Crippen LogP contribution in [0, 0.1) is 5.82 Å². The molecule has 0 fully saturated rings. The van der Waals surface area contributed by atoms with Crippen molar-refractivity contribution >= 4 is 5.95 Å². The van der Waals surface area contributed by atoms with E-state index in [1.165, 1.54) is 0 Å². The molecule has 2 atom stereocenters. The van der Waals surface area contributed by atoms with Gasteiger partial charge in [0.05, 0.1) is 5.54 Å². The fourth-order valence-corrected chi connectivity index (χ4v) is 3.13. The van der Waals surface area contributed by atoms with Gasteiger partial charge >= 0.3 is 6.18 Å². The van der Waals surface area contributed by atoms with Crippen LogP contribution in [0.4, 0.5) is 23.5 Å². The summed E-state index contributed by atoms with van der Waals surface area (Å²) in [5.74, 6) is -0.806. The quantitative estimate of drug-likeness (QED) is 0.772. The Hall–Kier alpha value is -2.42. The number of anilines is 1. The van der Waals surface area contributed by atoms with Gasteiger partial charge in [0, 0.05) is 18.9 Å². The number of rotatable bonds is 5. The highest BCUT2D eigenvalue weighted by Crippen LogP contribution is 2.43. The van der Waals surface area contributed by atoms with Gasteiger partial charge in [0.2, 0.25) is 5.95 Å². The molecule has 0 bridgehead atoms. The van der Waals surface area contributed by atoms with Crippen molar-refractivity contribution in [3.05, 3.63) is 47.5 Å². The largest absolute Gasteiger partial charge is 0.488 e. The topological polar surface area (TPSA) is 73.1 Å². The lowest BCUT2D eigenvalue weighted by Crippen LogP contribution is -2.53. The second-order valence-electron chi connectivity index (χ2n) is 6.84. The van der Waals surface area contributed by atoms with Crippen LogP contribution in [0.25, 0.3) is 0 Å². The maximum Gasteiger partial charge on any atom is 0.420 e. The van der Waals surface area contributed by atoms with E-state index in [0.717, 1.165) is 6.07 Å². The molecule has 27 heavy (non-hydrogen) atoms. The first-order chi connectivity index (χ1) is 12.7. The highest BCUT2D eigenvalue weighted by atomic mass is 19.4. The first kappa shape index (κ1) is 19.3. The molecule has 1 aliphatic rings. The summed E-state index contributed by atoms with van der Waals surface area (Å²) in [6.45, 7) is 2.16. The standard InChI is InChI=1S/C18H20F4N4O/c1-17(23,5-8-26-16-24-6-2-7-25-16)14-4-3-11-9-12(19)10-13(15(11)27-14)18(20,21)22/h2,6-7,9-10,14H,3-5,8,23H2,1H3,(H,24,25,26). The molecular weight excluding hydrogens is 364 g/mol. The number of hydrogen-bond acceptors (Lipinski definition) is 5. The van der Waals surface area contributed by atoms with Crippen molar-refractivity contribution < 1.29 is 22.3 Å². The van der Waals surface area contributed by atoms with Gasteiger partial charge in [-0.3, -0.25) is 0 Å². The third-order valence-corrected chi connectivity index (χ3v) is 4.62. The summed E-state index contributed by atoms with van der Waals surface area (Å²) in [5.41, 5.74) is 4.56. The fourth-order valence-electron chi connectivity index (χ4n) is 3.13. The van der Waals surface area contributed by atoms with Crippen LogP contribution in [0.3, 0.4) is 0 Å². The molecule has 0 saturated carbocycles. The molecule has 1 aliphatic heterocycles. The van der Waals surface area contributed by atoms with Gasteiger partial charge in [-0.05, 0) is 49.9 Å². The molecule has 146 valence electrons. The molecule has 0 amide bonds. The van der Waals surface area contributed by atoms with Crippen LogP contribution < -0.4 is 15.8 Å². The summed E-state index contributed by atoms with van der Waals surface area (Å²) in [6, 6.07) is 3.24. The molecule has 3 rings (SSSR count). The monoisotopic (exact) mass is 384 g/mol. The third kappa shape index (κ3) is 4.47. The van der Waals surface area contributed by atoms with Crippen LogP contribution in [0.1, 0.15) is 30.9 Å². The maximum absolute atomic E-state index is 13.5. The van der Waals surface area contributed by atoms with Gasteiger partial charge in [-0.2, -0.15) is 13.2 Å². The number of fused-ring (bicyclic) bond motifs is 1. The molecule has 0 saturated heterocycles. The zero-order valence-electron chi connectivity index (χ0n) is 14.7. The van der Waals surface area contributed by atoms with E-state index in [0.29, 0.717) is 31.4 Å². The van der Waals surface area contributed by atoms with Crippen molar-refractivity contribution in [3.8, 4) is 5.75 Å². The molecular formula is C18H20F4N4O. The van der Waals surface area contributed by atoms with Crippen molar-refractivity contribution in [1.29, 1.82) is 0 Å². The van der Waals surface area contributed by atoms with E-state index in [1.54, 1.807) is 25.4 Å². The first-order valence-electron chi connectivity index (χ1n) is 8.53. The van der Waals surface area contributed by atoms with Gasteiger partial charge < -0.3 is 15.8 Å². The normalized spacial score (nSPS) is 19.0. The molecule has 1 aromatic carbocycles. The fraction of sp³-hybridized carbons (Fsp3) is 0.444. The first-order valence-corrected chi connectivity index (χ1v) is 8.53. The lowest BCUT2D eigenvalue weighted by atomic mass is 9.85. The zero-order chi connectivity index (χ0) is 19.7. The van der Waals surface area contributed by atoms with E-state index in [1.807, 2.05) is 0 Å². The number of ether oxygens (including phenoxy) is 1. The molecule has 5 nitrogen and oxygen atoms in total. The smallest absolute Gasteiger partial charge is 0.420 e. The minimum atomic E-state index is -4.70. The molecule has 0 spiro atoms. The Morgan fingerprint density at radius 3 is 2.63 bits per heavy atom. The number of nitrogens with zero attached hydrogens (tertiary/aromatic N) is 2. The molecule has 0 aliphatic carbocycles. The summed E-state index contributed by atoms with van der Waals surface area (Å²) >= 11 is 0. The number of nitrogens with two attached hydrogens (primary N) is 1. The Kier molecular flexibility index (Phi) is 5.23. The molecule has 1 aromatic heterocycles. The zero-order valence-corrected chi connectivity index (χ0v) is 14.7. The predicted octanol–water partition coefficient (Wildman–Crippen LogP) is 3.55. The molecule has 2 heterocycles. The average molecular weight is 384 g/mol. The average Bonchev–Trinajstić information content (AvgIpc) is 2.60. The minimum Gasteiger partial charge on any atom is -0.488 e. The molecule has 0 radical (unpaired) electrons. The van der Waals surface area contributed by atoms with Crippen molar-refractivity contribution in [2.75, 3.05) is 11.9 Å². The number of benzene rings is 1. The maximum atomic E-state index is 13.5. The Morgan fingerprint density at radius 2 is 1.96 bits per heavy atom. The van der Waals surface area contributed by atoms with Crippen LogP contribution >= 0.6 is 0 Å². The number of hydrogen-bond donors (Lipinski definition) is 2. The third-order valence-electron chi connectivity index (χ3n) is 4.62. The lowest BCUT2D eigenvalue weighted by molar-refractivity contribution is -0.140. The van der Waals surface area contributed by atoms with E-state index in [2.05, 4.69) is 15.3 Å². The summed E-state index contributed by atoms with van der Waals surface area (Å²) in [4.78, 5) is 8.07. The molecule has 2 unspecified atom stereocenters. The number of nitrogens with one attached hydrogen (secondary N) is 1. The Bertz CT molecular complexity index is 796. The van der Waals surface area contributed by atoms with Gasteiger partial charge in [-0.25, -0.2) is 14.4 Å². The van der Waals surface area contributed by atoms with Crippen LogP contribution in [-0.4, -0.2) is 28.2 Å². The summed E-state index contributed by atoms with van der Waals surface area (Å²) in [7, 11) is 0. The highest BCUT2D eigenvalue weighted by molar-refractivity contribution is 5.45. The van der Waals surface area contributed by atoms with Crippen LogP contribution in [0.5, 0.6) is 5.75 Å². The van der Waals surface area contributed by atoms with Crippen LogP contribution in [-0.2, 0) is 12.6 Å². The van der Waals surface area contributed by atoms with Gasteiger partial charge in [0.25, 0.3) is 0 Å². The molecule has 9 heteroatoms. The van der Waals surface area contributed by atoms with E-state index >= 15 is 0 Å². The van der Waals surface area contributed by atoms with E-state index in [9.17, 15) is 17.6 Å². The Balaban J connectivity index is 1.72. The van der Waals surface area contributed by atoms with E-state index in [4.69, 9.17) is 10.5 Å². The molecule has 3 N–H and O–H groups in total. The number of alkyl halides is 3. The predicted molar refractivity (Wildman–Crippen MR) is 91.9 cm³/mol. The van der Waals surface area contributed by atoms with Gasteiger partial charge in [0.1, 0.15) is 23.2 Å². The number of aromatic nitrogens is 2. The van der Waals surface area contributed by atoms with E-state index in [-0.39, 0.29) is 17.7 Å². The second-order valence-corrected chi connectivity index (χ2v) is 6.84. The van der Waals surface area contributed by atoms with Gasteiger partial charge in [-0.15, -0.1) is 0 Å². The number of halogens is 4. The highest BCUT2D eigenvalue weighted by Gasteiger charge is 2.41. The minimum absolute atomic E-state index is 0.213. The van der Waals surface area contributed by atoms with Gasteiger partial charge in [-0.1, -0.05) is 0 Å². The lowest BCUT2D eigenvalue weighted by Gasteiger charge is -2.38. The van der Waals surface area contributed by atoms with Crippen molar-refractivity contribution in [3.63, 3.8) is 0 Å². The van der Waals surface area contributed by atoms with Crippen molar-refractivity contribution in [2.45, 2.75) is 44.0 Å². The Labute approximate surface area is 154 Å². The summed E-state index contributed by atoms with van der Waals surface area (Å²) in [5, 5.41) is 3.01. The number of aryl methyl sites for hydroxylation is 1. The van der Waals surface area contributed by atoms with Crippen LogP contribution in [0.15, 0.2) is 30.6 Å². The van der Waals surface area contributed by atoms with Crippen molar-refractivity contribution in [2.24, 2.45) is 5.73 Å². The molecule has 2 aromatic rings. The van der Waals surface area contributed by atoms with Crippen LogP contribution in [0.2, 0.25) is 0 Å². The Morgan fingerprint density at radius 1 is 1.26 bits per heavy atom. The summed E-state index contributed by atoms with van der Waals surface area (Å²) in [6.07, 6.45) is -1.05. The SMILES string of the molecule is CC(N)(CCNc1ncccn1)C1CCc2cc(F)cc(C(F)(F)F)c2O1. The summed E-state index contributed by atoms with van der Waals surface area (Å²) < 4.78 is 59.0. The second kappa shape index (κ2) is 7.30.